The van der Waals surface area contributed by atoms with E-state index in [9.17, 15) is 0 Å². The molecule has 0 saturated heterocycles. The lowest BCUT2D eigenvalue weighted by atomic mass is 10.1. The first-order chi connectivity index (χ1) is 4.77. The van der Waals surface area contributed by atoms with Gasteiger partial charge in [0.1, 0.15) is 0 Å². The van der Waals surface area contributed by atoms with Crippen molar-refractivity contribution in [2.75, 3.05) is 13.6 Å². The Morgan fingerprint density at radius 1 is 1.10 bits per heavy atom. The molecule has 0 heterocycles. The summed E-state index contributed by atoms with van der Waals surface area (Å²) < 4.78 is 2.23. The quantitative estimate of drug-likeness (QED) is 0.400. The molecule has 0 aromatic rings. The van der Waals surface area contributed by atoms with Gasteiger partial charge < -0.3 is 0 Å². The third-order valence-electron chi connectivity index (χ3n) is 1.57. The highest BCUT2D eigenvalue weighted by Gasteiger charge is 1.91. The van der Waals surface area contributed by atoms with Crippen LogP contribution in [-0.4, -0.2) is 16.7 Å². The molecule has 0 aliphatic heterocycles. The Hall–Kier alpha value is 0.690. The summed E-state index contributed by atoms with van der Waals surface area (Å²) in [4.78, 5) is 0. The maximum absolute atomic E-state index is 2.34. The lowest BCUT2D eigenvalue weighted by Gasteiger charge is -2.05. The number of hydrogen-bond donors (Lipinski definition) is 0. The Kier molecular flexibility index (Phi) is 8.33. The largest absolute Gasteiger partial charge is 0.251 e. The van der Waals surface area contributed by atoms with Gasteiger partial charge in [-0.2, -0.15) is 0 Å². The minimum absolute atomic E-state index is 1.24. The van der Waals surface area contributed by atoms with E-state index in [1.54, 1.807) is 0 Å². The number of halogens is 1. The molecule has 0 unspecified atom stereocenters. The van der Waals surface area contributed by atoms with E-state index >= 15 is 0 Å². The van der Waals surface area contributed by atoms with Crippen molar-refractivity contribution in [1.29, 1.82) is 0 Å². The van der Waals surface area contributed by atoms with Gasteiger partial charge in [0, 0.05) is 29.4 Å². The van der Waals surface area contributed by atoms with Crippen LogP contribution >= 0.6 is 22.9 Å². The van der Waals surface area contributed by atoms with Crippen LogP contribution in [-0.2, 0) is 0 Å². The van der Waals surface area contributed by atoms with Crippen LogP contribution in [0.4, 0.5) is 0 Å². The van der Waals surface area contributed by atoms with Gasteiger partial charge in [0.05, 0.1) is 0 Å². The second kappa shape index (κ2) is 7.79. The van der Waals surface area contributed by atoms with Crippen molar-refractivity contribution in [2.45, 2.75) is 39.0 Å². The molecule has 0 aromatic heterocycles. The van der Waals surface area contributed by atoms with Crippen LogP contribution in [0.1, 0.15) is 39.0 Å². The van der Waals surface area contributed by atoms with Crippen LogP contribution < -0.4 is 0 Å². The third kappa shape index (κ3) is 8.69. The van der Waals surface area contributed by atoms with Crippen LogP contribution in [0, 0.1) is 0 Å². The Balaban J connectivity index is 2.77. The number of hydrogen-bond acceptors (Lipinski definition) is 1. The molecule has 0 amide bonds. The molecule has 62 valence electrons. The first-order valence-corrected chi connectivity index (χ1v) is 5.10. The van der Waals surface area contributed by atoms with Gasteiger partial charge in [0.2, 0.25) is 0 Å². The fourth-order valence-corrected chi connectivity index (χ4v) is 1.27. The summed E-state index contributed by atoms with van der Waals surface area (Å²) in [7, 11) is 2.13. The summed E-state index contributed by atoms with van der Waals surface area (Å²) in [5.41, 5.74) is 0. The van der Waals surface area contributed by atoms with Gasteiger partial charge in [-0.3, -0.25) is 3.11 Å². The van der Waals surface area contributed by atoms with Crippen molar-refractivity contribution in [3.8, 4) is 0 Å². The highest BCUT2D eigenvalue weighted by molar-refractivity contribution is 14.1. The van der Waals surface area contributed by atoms with Crippen LogP contribution in [0.25, 0.3) is 0 Å². The van der Waals surface area contributed by atoms with Crippen molar-refractivity contribution in [3.05, 3.63) is 0 Å². The van der Waals surface area contributed by atoms with Crippen LogP contribution in [0.5, 0.6) is 0 Å². The minimum atomic E-state index is 1.24. The summed E-state index contributed by atoms with van der Waals surface area (Å²) in [5.74, 6) is 0. The van der Waals surface area contributed by atoms with Crippen molar-refractivity contribution >= 4 is 22.9 Å². The molecule has 2 heteroatoms. The van der Waals surface area contributed by atoms with E-state index in [2.05, 4.69) is 39.9 Å². The number of unbranched alkanes of at least 4 members (excludes halogenated alkanes) is 4. The van der Waals surface area contributed by atoms with Crippen molar-refractivity contribution in [3.63, 3.8) is 0 Å². The fourth-order valence-electron chi connectivity index (χ4n) is 0.933. The van der Waals surface area contributed by atoms with E-state index in [4.69, 9.17) is 0 Å². The van der Waals surface area contributed by atoms with Crippen molar-refractivity contribution in [2.24, 2.45) is 0 Å². The Morgan fingerprint density at radius 3 is 2.20 bits per heavy atom. The zero-order valence-electron chi connectivity index (χ0n) is 7.07. The highest BCUT2D eigenvalue weighted by atomic mass is 127. The van der Waals surface area contributed by atoms with E-state index in [1.165, 1.54) is 38.6 Å². The zero-order valence-corrected chi connectivity index (χ0v) is 9.23. The molecule has 10 heavy (non-hydrogen) atoms. The molecule has 0 fully saturated rings. The Labute approximate surface area is 78.7 Å². The summed E-state index contributed by atoms with van der Waals surface area (Å²) >= 11 is 2.34. The molecule has 0 aliphatic carbocycles. The summed E-state index contributed by atoms with van der Waals surface area (Å²) in [6, 6.07) is 0. The average molecular weight is 255 g/mol. The lowest BCUT2D eigenvalue weighted by molar-refractivity contribution is 0.537. The average Bonchev–Trinajstić information content (AvgIpc) is 1.87. The van der Waals surface area contributed by atoms with Crippen molar-refractivity contribution in [1.82, 2.24) is 3.11 Å². The van der Waals surface area contributed by atoms with Gasteiger partial charge in [-0.15, -0.1) is 0 Å². The van der Waals surface area contributed by atoms with Gasteiger partial charge in [-0.05, 0) is 13.5 Å². The molecule has 0 aromatic carbocycles. The SMILES string of the molecule is CCCCCCCN(C)I. The van der Waals surface area contributed by atoms with Gasteiger partial charge in [-0.25, -0.2) is 0 Å². The molecule has 0 spiro atoms. The maximum Gasteiger partial charge on any atom is 0.0198 e. The monoisotopic (exact) mass is 255 g/mol. The van der Waals surface area contributed by atoms with Crippen LogP contribution in [0.2, 0.25) is 0 Å². The van der Waals surface area contributed by atoms with E-state index in [0.717, 1.165) is 0 Å². The van der Waals surface area contributed by atoms with E-state index in [0.29, 0.717) is 0 Å². The van der Waals surface area contributed by atoms with Gasteiger partial charge in [0.15, 0.2) is 0 Å². The number of rotatable bonds is 6. The van der Waals surface area contributed by atoms with E-state index in [-0.39, 0.29) is 0 Å². The zero-order chi connectivity index (χ0) is 7.82. The second-order valence-corrected chi connectivity index (χ2v) is 4.39. The van der Waals surface area contributed by atoms with Gasteiger partial charge >= 0.3 is 0 Å². The molecule has 1 nitrogen and oxygen atoms in total. The molecule has 0 aliphatic rings. The first-order valence-electron chi connectivity index (χ1n) is 4.14. The fraction of sp³-hybridized carbons (Fsp3) is 1.00. The summed E-state index contributed by atoms with van der Waals surface area (Å²) in [5, 5.41) is 0. The molecule has 0 bridgehead atoms. The predicted molar refractivity (Wildman–Crippen MR) is 55.4 cm³/mol. The van der Waals surface area contributed by atoms with Crippen LogP contribution in [0.3, 0.4) is 0 Å². The van der Waals surface area contributed by atoms with Gasteiger partial charge in [0.25, 0.3) is 0 Å². The smallest absolute Gasteiger partial charge is 0.0198 e. The summed E-state index contributed by atoms with van der Waals surface area (Å²) in [6.45, 7) is 3.49. The molecule has 0 saturated carbocycles. The molecule has 0 N–H and O–H groups in total. The third-order valence-corrected chi connectivity index (χ3v) is 2.05. The topological polar surface area (TPSA) is 3.24 Å². The van der Waals surface area contributed by atoms with Crippen molar-refractivity contribution < 1.29 is 0 Å². The molecular formula is C8H18IN. The van der Waals surface area contributed by atoms with E-state index in [1.807, 2.05) is 0 Å². The Bertz CT molecular complexity index is 64.3. The Morgan fingerprint density at radius 2 is 1.70 bits per heavy atom. The second-order valence-electron chi connectivity index (χ2n) is 2.74. The standard InChI is InChI=1S/C8H18IN/c1-3-4-5-6-7-8-10(2)9/h3-8H2,1-2H3. The molecule has 0 atom stereocenters. The first kappa shape index (κ1) is 10.7. The molecule has 0 radical (unpaired) electrons. The summed E-state index contributed by atoms with van der Waals surface area (Å²) in [6.07, 6.45) is 6.94. The predicted octanol–water partition coefficient (Wildman–Crippen LogP) is 3.24. The van der Waals surface area contributed by atoms with Crippen LogP contribution in [0.15, 0.2) is 0 Å². The minimum Gasteiger partial charge on any atom is -0.251 e. The highest BCUT2D eigenvalue weighted by Crippen LogP contribution is 2.04. The molecule has 0 rings (SSSR count). The number of nitrogens with zero attached hydrogens (tertiary/aromatic N) is 1. The van der Waals surface area contributed by atoms with Gasteiger partial charge in [-0.1, -0.05) is 32.6 Å². The molecular weight excluding hydrogens is 237 g/mol. The normalized spacial score (nSPS) is 10.8. The maximum atomic E-state index is 2.34. The lowest BCUT2D eigenvalue weighted by Crippen LogP contribution is -2.04. The van der Waals surface area contributed by atoms with E-state index < -0.39 is 0 Å².